The maximum absolute atomic E-state index is 12.3. The minimum Gasteiger partial charge on any atom is -0.351 e. The summed E-state index contributed by atoms with van der Waals surface area (Å²) in [5.74, 6) is -0.245. The first-order chi connectivity index (χ1) is 9.62. The van der Waals surface area contributed by atoms with Gasteiger partial charge in [0.05, 0.1) is 4.90 Å². The predicted molar refractivity (Wildman–Crippen MR) is 81.6 cm³/mol. The normalized spacial score (nSPS) is 17.1. The molecule has 1 fully saturated rings. The van der Waals surface area contributed by atoms with E-state index in [-0.39, 0.29) is 16.2 Å². The lowest BCUT2D eigenvalue weighted by molar-refractivity contribution is 0.0890. The minimum atomic E-state index is -3.82. The van der Waals surface area contributed by atoms with Crippen molar-refractivity contribution >= 4 is 15.9 Å². The Labute approximate surface area is 126 Å². The number of carbonyl (C=O) groups is 1. The third-order valence-corrected chi connectivity index (χ3v) is 5.36. The summed E-state index contributed by atoms with van der Waals surface area (Å²) in [5.41, 5.74) is 1.85. The van der Waals surface area contributed by atoms with E-state index in [0.717, 1.165) is 18.4 Å². The van der Waals surface area contributed by atoms with Gasteiger partial charge in [-0.25, -0.2) is 13.6 Å². The molecule has 0 saturated heterocycles. The molecule has 1 aromatic rings. The Morgan fingerprint density at radius 3 is 2.38 bits per heavy atom. The number of aryl methyl sites for hydroxylation is 2. The van der Waals surface area contributed by atoms with Crippen LogP contribution in [0.4, 0.5) is 0 Å². The van der Waals surface area contributed by atoms with Crippen LogP contribution in [-0.4, -0.2) is 20.9 Å². The molecule has 0 heterocycles. The molecule has 1 saturated carbocycles. The van der Waals surface area contributed by atoms with Crippen LogP contribution in [0.15, 0.2) is 17.0 Å². The van der Waals surface area contributed by atoms with Crippen molar-refractivity contribution in [1.82, 2.24) is 5.32 Å². The summed E-state index contributed by atoms with van der Waals surface area (Å²) < 4.78 is 23.1. The average molecular weight is 310 g/mol. The van der Waals surface area contributed by atoms with Gasteiger partial charge in [-0.2, -0.15) is 0 Å². The largest absolute Gasteiger partial charge is 0.351 e. The van der Waals surface area contributed by atoms with E-state index in [4.69, 9.17) is 5.14 Å². The van der Waals surface area contributed by atoms with Gasteiger partial charge in [0, 0.05) is 12.1 Å². The van der Waals surface area contributed by atoms with E-state index in [9.17, 15) is 13.2 Å². The zero-order chi connectivity index (χ0) is 15.8. The predicted octanol–water partition coefficient (Wildman–Crippen LogP) is 1.87. The SMILES string of the molecule is Cc1cc(C)c(S(N)(=O)=O)cc1C(=O)NCC1(C)CCC1. The average Bonchev–Trinajstić information content (AvgIpc) is 2.32. The smallest absolute Gasteiger partial charge is 0.251 e. The summed E-state index contributed by atoms with van der Waals surface area (Å²) in [5, 5.41) is 8.10. The third-order valence-electron chi connectivity index (χ3n) is 4.31. The lowest BCUT2D eigenvalue weighted by atomic mass is 9.70. The molecule has 0 atom stereocenters. The molecule has 0 unspecified atom stereocenters. The molecule has 116 valence electrons. The van der Waals surface area contributed by atoms with Gasteiger partial charge in [-0.1, -0.05) is 19.4 Å². The number of nitrogens with one attached hydrogen (secondary N) is 1. The van der Waals surface area contributed by atoms with Gasteiger partial charge in [0.2, 0.25) is 10.0 Å². The van der Waals surface area contributed by atoms with Gasteiger partial charge < -0.3 is 5.32 Å². The Balaban J connectivity index is 2.24. The summed E-state index contributed by atoms with van der Waals surface area (Å²) in [4.78, 5) is 12.3. The maximum Gasteiger partial charge on any atom is 0.251 e. The highest BCUT2D eigenvalue weighted by atomic mass is 32.2. The molecule has 5 nitrogen and oxygen atoms in total. The number of rotatable bonds is 4. The fraction of sp³-hybridized carbons (Fsp3) is 0.533. The Hall–Kier alpha value is -1.40. The molecule has 3 N–H and O–H groups in total. The second kappa shape index (κ2) is 5.42. The van der Waals surface area contributed by atoms with E-state index >= 15 is 0 Å². The summed E-state index contributed by atoms with van der Waals surface area (Å²) in [7, 11) is -3.82. The van der Waals surface area contributed by atoms with Gasteiger partial charge in [-0.3, -0.25) is 4.79 Å². The Morgan fingerprint density at radius 1 is 1.29 bits per heavy atom. The molecule has 0 aliphatic heterocycles. The number of hydrogen-bond donors (Lipinski definition) is 2. The van der Waals surface area contributed by atoms with Crippen LogP contribution in [0.1, 0.15) is 47.7 Å². The molecule has 21 heavy (non-hydrogen) atoms. The Kier molecular flexibility index (Phi) is 4.13. The molecule has 1 aliphatic carbocycles. The van der Waals surface area contributed by atoms with Crippen LogP contribution in [0.5, 0.6) is 0 Å². The second-order valence-electron chi connectivity index (χ2n) is 6.32. The Morgan fingerprint density at radius 2 is 1.90 bits per heavy atom. The summed E-state index contributed by atoms with van der Waals surface area (Å²) >= 11 is 0. The molecule has 6 heteroatoms. The zero-order valence-electron chi connectivity index (χ0n) is 12.7. The number of nitrogens with two attached hydrogens (primary N) is 1. The van der Waals surface area contributed by atoms with Crippen molar-refractivity contribution < 1.29 is 13.2 Å². The summed E-state index contributed by atoms with van der Waals surface area (Å²) in [6, 6.07) is 3.05. The van der Waals surface area contributed by atoms with Crippen molar-refractivity contribution in [3.63, 3.8) is 0 Å². The van der Waals surface area contributed by atoms with E-state index in [1.807, 2.05) is 0 Å². The highest BCUT2D eigenvalue weighted by molar-refractivity contribution is 7.89. The monoisotopic (exact) mass is 310 g/mol. The number of benzene rings is 1. The fourth-order valence-corrected chi connectivity index (χ4v) is 3.52. The summed E-state index contributed by atoms with van der Waals surface area (Å²) in [6.07, 6.45) is 3.43. The molecular weight excluding hydrogens is 288 g/mol. The van der Waals surface area contributed by atoms with Crippen LogP contribution in [0.3, 0.4) is 0 Å². The molecule has 2 rings (SSSR count). The van der Waals surface area contributed by atoms with Gasteiger partial charge in [0.15, 0.2) is 0 Å². The van der Waals surface area contributed by atoms with Gasteiger partial charge in [0.25, 0.3) is 5.91 Å². The van der Waals surface area contributed by atoms with Crippen molar-refractivity contribution in [2.24, 2.45) is 10.6 Å². The molecule has 1 aliphatic rings. The highest BCUT2D eigenvalue weighted by Crippen LogP contribution is 2.39. The fourth-order valence-electron chi connectivity index (χ4n) is 2.73. The van der Waals surface area contributed by atoms with Crippen LogP contribution in [0, 0.1) is 19.3 Å². The molecule has 1 aromatic carbocycles. The van der Waals surface area contributed by atoms with Crippen molar-refractivity contribution in [3.8, 4) is 0 Å². The quantitative estimate of drug-likeness (QED) is 0.889. The molecule has 0 radical (unpaired) electrons. The van der Waals surface area contributed by atoms with E-state index < -0.39 is 10.0 Å². The van der Waals surface area contributed by atoms with Crippen LogP contribution in [0.25, 0.3) is 0 Å². The van der Waals surface area contributed by atoms with Crippen LogP contribution < -0.4 is 10.5 Å². The van der Waals surface area contributed by atoms with Crippen molar-refractivity contribution in [2.45, 2.75) is 44.9 Å². The van der Waals surface area contributed by atoms with Crippen molar-refractivity contribution in [1.29, 1.82) is 0 Å². The van der Waals surface area contributed by atoms with E-state index in [0.29, 0.717) is 17.7 Å². The van der Waals surface area contributed by atoms with Crippen LogP contribution in [0.2, 0.25) is 0 Å². The van der Waals surface area contributed by atoms with Gasteiger partial charge in [-0.05, 0) is 49.3 Å². The first-order valence-corrected chi connectivity index (χ1v) is 8.59. The molecule has 0 bridgehead atoms. The highest BCUT2D eigenvalue weighted by Gasteiger charge is 2.32. The first-order valence-electron chi connectivity index (χ1n) is 7.05. The van der Waals surface area contributed by atoms with E-state index in [1.165, 1.54) is 12.5 Å². The van der Waals surface area contributed by atoms with E-state index in [1.54, 1.807) is 19.9 Å². The van der Waals surface area contributed by atoms with Gasteiger partial charge >= 0.3 is 0 Å². The Bertz CT molecular complexity index is 676. The van der Waals surface area contributed by atoms with Crippen molar-refractivity contribution in [2.75, 3.05) is 6.54 Å². The third kappa shape index (κ3) is 3.44. The second-order valence-corrected chi connectivity index (χ2v) is 7.85. The van der Waals surface area contributed by atoms with Gasteiger partial charge in [-0.15, -0.1) is 0 Å². The molecule has 1 amide bonds. The topological polar surface area (TPSA) is 89.3 Å². The molecular formula is C15H22N2O3S. The number of amides is 1. The molecule has 0 aromatic heterocycles. The number of sulfonamides is 1. The van der Waals surface area contributed by atoms with Crippen LogP contribution in [-0.2, 0) is 10.0 Å². The standard InChI is InChI=1S/C15H22N2O3S/c1-10-7-11(2)13(21(16,19)20)8-12(10)14(18)17-9-15(3)5-4-6-15/h7-8H,4-6,9H2,1-3H3,(H,17,18)(H2,16,19,20). The van der Waals surface area contributed by atoms with Crippen molar-refractivity contribution in [3.05, 3.63) is 28.8 Å². The first kappa shape index (κ1) is 16.0. The molecule has 0 spiro atoms. The minimum absolute atomic E-state index is 0.00751. The lowest BCUT2D eigenvalue weighted by Gasteiger charge is -2.38. The summed E-state index contributed by atoms with van der Waals surface area (Å²) in [6.45, 7) is 6.22. The zero-order valence-corrected chi connectivity index (χ0v) is 13.5. The number of hydrogen-bond acceptors (Lipinski definition) is 3. The number of carbonyl (C=O) groups excluding carboxylic acids is 1. The number of primary sulfonamides is 1. The van der Waals surface area contributed by atoms with E-state index in [2.05, 4.69) is 12.2 Å². The van der Waals surface area contributed by atoms with Crippen LogP contribution >= 0.6 is 0 Å². The van der Waals surface area contributed by atoms with Gasteiger partial charge in [0.1, 0.15) is 0 Å². The lowest BCUT2D eigenvalue weighted by Crippen LogP contribution is -2.40. The maximum atomic E-state index is 12.3.